The maximum absolute atomic E-state index is 11.9. The fourth-order valence-corrected chi connectivity index (χ4v) is 1.96. The molecule has 0 aliphatic heterocycles. The van der Waals surface area contributed by atoms with Crippen LogP contribution in [0.4, 0.5) is 13.2 Å². The molecule has 0 rings (SSSR count). The Balaban J connectivity index is 4.31. The Bertz CT molecular complexity index is 262. The first-order chi connectivity index (χ1) is 6.14. The lowest BCUT2D eigenvalue weighted by molar-refractivity contribution is -0.156. The van der Waals surface area contributed by atoms with Gasteiger partial charge in [-0.15, -0.1) is 0 Å². The van der Waals surface area contributed by atoms with Crippen molar-refractivity contribution in [3.05, 3.63) is 0 Å². The molecular formula is C6H10ClF3O3S. The third-order valence-electron chi connectivity index (χ3n) is 1.25. The van der Waals surface area contributed by atoms with E-state index in [-0.39, 0.29) is 6.61 Å². The molecule has 0 bridgehead atoms. The van der Waals surface area contributed by atoms with E-state index >= 15 is 0 Å². The molecular weight excluding hydrogens is 245 g/mol. The summed E-state index contributed by atoms with van der Waals surface area (Å²) < 4.78 is 61.3. The highest BCUT2D eigenvalue weighted by Crippen LogP contribution is 2.24. The Hall–Kier alpha value is -0.0100. The van der Waals surface area contributed by atoms with Gasteiger partial charge in [0.1, 0.15) is 0 Å². The van der Waals surface area contributed by atoms with Crippen LogP contribution >= 0.6 is 10.7 Å². The average molecular weight is 255 g/mol. The number of alkyl halides is 3. The van der Waals surface area contributed by atoms with Crippen LogP contribution in [0.5, 0.6) is 0 Å². The standard InChI is InChI=1S/C6H10ClF3O3S/c1-2-13-5(3-6(8,9)10)4-14(7,11)12/h5H,2-4H2,1H3. The normalized spacial score (nSPS) is 15.5. The first-order valence-corrected chi connectivity index (χ1v) is 6.22. The molecule has 0 fully saturated rings. The average Bonchev–Trinajstić information content (AvgIpc) is 1.78. The molecule has 0 saturated carbocycles. The first-order valence-electron chi connectivity index (χ1n) is 3.74. The van der Waals surface area contributed by atoms with Gasteiger partial charge in [-0.3, -0.25) is 0 Å². The molecule has 1 atom stereocenters. The number of hydrogen-bond acceptors (Lipinski definition) is 3. The van der Waals surface area contributed by atoms with Crippen molar-refractivity contribution in [2.75, 3.05) is 12.4 Å². The largest absolute Gasteiger partial charge is 0.391 e. The molecule has 0 heterocycles. The predicted octanol–water partition coefficient (Wildman–Crippen LogP) is 1.91. The van der Waals surface area contributed by atoms with Gasteiger partial charge in [0, 0.05) is 17.3 Å². The molecule has 0 aliphatic rings. The summed E-state index contributed by atoms with van der Waals surface area (Å²) >= 11 is 0. The van der Waals surface area contributed by atoms with E-state index in [0.29, 0.717) is 0 Å². The number of rotatable bonds is 5. The molecule has 0 amide bonds. The van der Waals surface area contributed by atoms with Gasteiger partial charge < -0.3 is 4.74 Å². The molecule has 0 aromatic carbocycles. The second kappa shape index (κ2) is 5.18. The summed E-state index contributed by atoms with van der Waals surface area (Å²) in [6.07, 6.45) is -7.20. The van der Waals surface area contributed by atoms with Crippen molar-refractivity contribution in [1.82, 2.24) is 0 Å². The maximum Gasteiger partial charge on any atom is 0.391 e. The van der Waals surface area contributed by atoms with Crippen molar-refractivity contribution < 1.29 is 26.3 Å². The molecule has 14 heavy (non-hydrogen) atoms. The molecule has 0 spiro atoms. The molecule has 0 aromatic heterocycles. The minimum absolute atomic E-state index is 0.00710. The predicted molar refractivity (Wildman–Crippen MR) is 45.7 cm³/mol. The first kappa shape index (κ1) is 14.0. The zero-order valence-electron chi connectivity index (χ0n) is 7.34. The van der Waals surface area contributed by atoms with Gasteiger partial charge >= 0.3 is 6.18 Å². The smallest absolute Gasteiger partial charge is 0.377 e. The molecule has 0 saturated heterocycles. The van der Waals surface area contributed by atoms with E-state index in [1.807, 2.05) is 0 Å². The van der Waals surface area contributed by atoms with E-state index in [2.05, 4.69) is 4.74 Å². The van der Waals surface area contributed by atoms with Crippen LogP contribution in [-0.2, 0) is 13.8 Å². The second-order valence-electron chi connectivity index (χ2n) is 2.60. The van der Waals surface area contributed by atoms with Gasteiger partial charge in [0.25, 0.3) is 0 Å². The lowest BCUT2D eigenvalue weighted by Crippen LogP contribution is -2.28. The molecule has 8 heteroatoms. The van der Waals surface area contributed by atoms with Crippen LogP contribution in [0.15, 0.2) is 0 Å². The van der Waals surface area contributed by atoms with E-state index in [1.54, 1.807) is 0 Å². The van der Waals surface area contributed by atoms with Crippen molar-refractivity contribution in [2.24, 2.45) is 0 Å². The van der Waals surface area contributed by atoms with Gasteiger partial charge in [-0.2, -0.15) is 13.2 Å². The lowest BCUT2D eigenvalue weighted by Gasteiger charge is -2.16. The summed E-state index contributed by atoms with van der Waals surface area (Å²) in [5.74, 6) is -0.831. The highest BCUT2D eigenvalue weighted by atomic mass is 35.7. The van der Waals surface area contributed by atoms with Gasteiger partial charge in [-0.05, 0) is 6.92 Å². The van der Waals surface area contributed by atoms with Gasteiger partial charge in [0.15, 0.2) is 0 Å². The summed E-state index contributed by atoms with van der Waals surface area (Å²) in [5, 5.41) is 0. The van der Waals surface area contributed by atoms with Crippen LogP contribution in [-0.4, -0.2) is 33.1 Å². The summed E-state index contributed by atoms with van der Waals surface area (Å²) in [7, 11) is 0.847. The highest BCUT2D eigenvalue weighted by molar-refractivity contribution is 8.13. The van der Waals surface area contributed by atoms with Crippen molar-refractivity contribution >= 4 is 19.7 Å². The van der Waals surface area contributed by atoms with Gasteiger partial charge in [-0.1, -0.05) is 0 Å². The second-order valence-corrected chi connectivity index (χ2v) is 5.42. The summed E-state index contributed by atoms with van der Waals surface area (Å²) in [6.45, 7) is 1.48. The Labute approximate surface area is 84.6 Å². The van der Waals surface area contributed by atoms with Crippen molar-refractivity contribution in [3.8, 4) is 0 Å². The maximum atomic E-state index is 11.9. The Kier molecular flexibility index (Phi) is 5.17. The van der Waals surface area contributed by atoms with Crippen LogP contribution in [0.2, 0.25) is 0 Å². The van der Waals surface area contributed by atoms with Crippen LogP contribution in [0, 0.1) is 0 Å². The number of hydrogen-bond donors (Lipinski definition) is 0. The fraction of sp³-hybridized carbons (Fsp3) is 1.00. The van der Waals surface area contributed by atoms with Crippen molar-refractivity contribution in [2.45, 2.75) is 25.6 Å². The van der Waals surface area contributed by atoms with Crippen LogP contribution in [0.25, 0.3) is 0 Å². The van der Waals surface area contributed by atoms with E-state index in [9.17, 15) is 21.6 Å². The third kappa shape index (κ3) is 8.58. The lowest BCUT2D eigenvalue weighted by atomic mass is 10.3. The molecule has 3 nitrogen and oxygen atoms in total. The van der Waals surface area contributed by atoms with E-state index in [0.717, 1.165) is 0 Å². The van der Waals surface area contributed by atoms with Crippen LogP contribution in [0.1, 0.15) is 13.3 Å². The summed E-state index contributed by atoms with van der Waals surface area (Å²) in [5.41, 5.74) is 0. The zero-order valence-corrected chi connectivity index (χ0v) is 8.92. The van der Waals surface area contributed by atoms with Crippen LogP contribution in [0.3, 0.4) is 0 Å². The monoisotopic (exact) mass is 254 g/mol. The molecule has 1 unspecified atom stereocenters. The van der Waals surface area contributed by atoms with Gasteiger partial charge in [0.05, 0.1) is 18.3 Å². The Morgan fingerprint density at radius 2 is 1.93 bits per heavy atom. The van der Waals surface area contributed by atoms with Gasteiger partial charge in [0.2, 0.25) is 9.05 Å². The summed E-state index contributed by atoms with van der Waals surface area (Å²) in [6, 6.07) is 0. The van der Waals surface area contributed by atoms with Crippen LogP contribution < -0.4 is 0 Å². The summed E-state index contributed by atoms with van der Waals surface area (Å²) in [4.78, 5) is 0. The molecule has 0 radical (unpaired) electrons. The fourth-order valence-electron chi connectivity index (χ4n) is 0.882. The van der Waals surface area contributed by atoms with Crippen molar-refractivity contribution in [1.29, 1.82) is 0 Å². The quantitative estimate of drug-likeness (QED) is 0.704. The number of halogens is 4. The zero-order chi connectivity index (χ0) is 11.4. The molecule has 0 aromatic rings. The minimum atomic E-state index is -4.46. The third-order valence-corrected chi connectivity index (χ3v) is 2.39. The number of ether oxygens (including phenoxy) is 1. The molecule has 86 valence electrons. The van der Waals surface area contributed by atoms with Gasteiger partial charge in [-0.25, -0.2) is 8.42 Å². The topological polar surface area (TPSA) is 43.4 Å². The van der Waals surface area contributed by atoms with E-state index < -0.39 is 33.5 Å². The highest BCUT2D eigenvalue weighted by Gasteiger charge is 2.34. The van der Waals surface area contributed by atoms with E-state index in [4.69, 9.17) is 10.7 Å². The minimum Gasteiger partial charge on any atom is -0.377 e. The van der Waals surface area contributed by atoms with Crippen molar-refractivity contribution in [3.63, 3.8) is 0 Å². The Morgan fingerprint density at radius 3 is 2.21 bits per heavy atom. The Morgan fingerprint density at radius 1 is 1.43 bits per heavy atom. The molecule has 0 N–H and O–H groups in total. The molecule has 0 aliphatic carbocycles. The van der Waals surface area contributed by atoms with E-state index in [1.165, 1.54) is 6.92 Å². The SMILES string of the molecule is CCOC(CC(F)(F)F)CS(=O)(=O)Cl.